The minimum absolute atomic E-state index is 0.0865. The lowest BCUT2D eigenvalue weighted by molar-refractivity contribution is -0.161. The van der Waals surface area contributed by atoms with Gasteiger partial charge in [-0.1, -0.05) is 327 Å². The van der Waals surface area contributed by atoms with Gasteiger partial charge in [0.25, 0.3) is 0 Å². The standard InChI is InChI=1S/C81H152O17P2/c1-5-9-13-17-21-25-29-33-37-41-45-49-53-57-61-65-78(83)91-71-76(97-80(85)67-63-59-55-51-47-43-39-35-31-27-23-19-15-11-7-3)73-95-99(87,88)93-69-75(82)70-94-100(89,90)96-74-77(98-81(86)68-64-60-56-52-48-44-40-36-32-28-24-20-16-12-8-4)72-92-79(84)66-62-58-54-50-46-42-38-34-30-26-22-18-14-10-6-2/h23,27-28,32,35,39,75-77,82H,5-22,24-26,29-31,33-34,36-38,40-74H2,1-4H3,(H,87,88)(H,89,90)/b27-23-,32-28-,39-35-/t75-,76-,77-/m1/s1. The van der Waals surface area contributed by atoms with Crippen LogP contribution in [0.5, 0.6) is 0 Å². The molecule has 0 spiro atoms. The third-order valence-corrected chi connectivity index (χ3v) is 20.0. The second-order valence-electron chi connectivity index (χ2n) is 28.1. The lowest BCUT2D eigenvalue weighted by Gasteiger charge is -2.21. The Kier molecular flexibility index (Phi) is 72.5. The molecule has 0 heterocycles. The largest absolute Gasteiger partial charge is 0.472 e. The van der Waals surface area contributed by atoms with E-state index in [0.29, 0.717) is 25.7 Å². The van der Waals surface area contributed by atoms with Crippen LogP contribution in [0.1, 0.15) is 400 Å². The molecule has 0 saturated heterocycles. The zero-order valence-corrected chi connectivity index (χ0v) is 66.2. The number of aliphatic hydroxyl groups excluding tert-OH is 1. The molecule has 0 aliphatic heterocycles. The van der Waals surface area contributed by atoms with E-state index in [4.69, 9.17) is 37.0 Å². The quantitative estimate of drug-likeness (QED) is 0.0169. The van der Waals surface area contributed by atoms with Gasteiger partial charge in [0, 0.05) is 25.7 Å². The van der Waals surface area contributed by atoms with E-state index in [2.05, 4.69) is 64.2 Å². The Bertz CT molecular complexity index is 2040. The summed E-state index contributed by atoms with van der Waals surface area (Å²) in [5, 5.41) is 10.6. The Morgan fingerprint density at radius 3 is 0.780 bits per heavy atom. The summed E-state index contributed by atoms with van der Waals surface area (Å²) in [6.07, 6.45) is 71.1. The molecule has 0 aromatic heterocycles. The average molecular weight is 1460 g/mol. The van der Waals surface area contributed by atoms with Crippen molar-refractivity contribution in [1.82, 2.24) is 0 Å². The monoisotopic (exact) mass is 1460 g/mol. The number of ether oxygens (including phenoxy) is 4. The average Bonchev–Trinajstić information content (AvgIpc) is 1.25. The number of esters is 4. The predicted octanol–water partition coefficient (Wildman–Crippen LogP) is 23.9. The molecule has 0 saturated carbocycles. The summed E-state index contributed by atoms with van der Waals surface area (Å²) in [5.74, 6) is -2.14. The van der Waals surface area contributed by atoms with Gasteiger partial charge in [0.05, 0.1) is 26.4 Å². The first-order valence-corrected chi connectivity index (χ1v) is 44.2. The zero-order valence-electron chi connectivity index (χ0n) is 64.4. The number of hydrogen-bond donors (Lipinski definition) is 3. The first-order valence-electron chi connectivity index (χ1n) is 41.2. The summed E-state index contributed by atoms with van der Waals surface area (Å²) >= 11 is 0. The molecule has 0 aliphatic rings. The lowest BCUT2D eigenvalue weighted by Crippen LogP contribution is -2.30. The number of rotatable bonds is 79. The number of aliphatic hydroxyl groups is 1. The van der Waals surface area contributed by atoms with Gasteiger partial charge in [-0.15, -0.1) is 0 Å². The number of carbonyl (C=O) groups is 4. The van der Waals surface area contributed by atoms with Gasteiger partial charge in [0.15, 0.2) is 12.2 Å². The SMILES string of the molecule is CCCCC/C=C\C/C=C\CCCCCCCC(=O)O[C@H](COC(=O)CCCCCCCCCCCCCCCCC)COP(=O)(O)OC[C@@H](O)COP(=O)(O)OC[C@@H](COC(=O)CCCCCCCCCCCCCCCCC)OC(=O)CCCCCCCCC/C=C\CCCCCC. The molecule has 5 atom stereocenters. The van der Waals surface area contributed by atoms with E-state index >= 15 is 0 Å². The van der Waals surface area contributed by atoms with Gasteiger partial charge in [-0.3, -0.25) is 37.3 Å². The van der Waals surface area contributed by atoms with Gasteiger partial charge in [0.1, 0.15) is 19.3 Å². The maximum Gasteiger partial charge on any atom is 0.472 e. The summed E-state index contributed by atoms with van der Waals surface area (Å²) in [6, 6.07) is 0. The molecule has 2 unspecified atom stereocenters. The number of phosphoric acid groups is 2. The molecule has 19 heteroatoms. The van der Waals surface area contributed by atoms with Crippen molar-refractivity contribution in [1.29, 1.82) is 0 Å². The maximum absolute atomic E-state index is 13.1. The fourth-order valence-electron chi connectivity index (χ4n) is 11.8. The predicted molar refractivity (Wildman–Crippen MR) is 409 cm³/mol. The van der Waals surface area contributed by atoms with E-state index in [9.17, 15) is 43.2 Å². The molecule has 3 N–H and O–H groups in total. The second-order valence-corrected chi connectivity index (χ2v) is 31.0. The minimum Gasteiger partial charge on any atom is -0.462 e. The van der Waals surface area contributed by atoms with E-state index in [1.807, 2.05) is 0 Å². The summed E-state index contributed by atoms with van der Waals surface area (Å²) in [7, 11) is -9.94. The van der Waals surface area contributed by atoms with Crippen molar-refractivity contribution < 1.29 is 80.2 Å². The van der Waals surface area contributed by atoms with E-state index < -0.39 is 97.5 Å². The molecular weight excluding hydrogens is 1310 g/mol. The van der Waals surface area contributed by atoms with Crippen LogP contribution >= 0.6 is 15.6 Å². The van der Waals surface area contributed by atoms with Crippen LogP contribution in [-0.4, -0.2) is 96.7 Å². The summed E-state index contributed by atoms with van der Waals surface area (Å²) in [6.45, 7) is 4.93. The Labute approximate surface area is 611 Å². The maximum atomic E-state index is 13.1. The first-order chi connectivity index (χ1) is 48.7. The third kappa shape index (κ3) is 73.6. The van der Waals surface area contributed by atoms with Crippen molar-refractivity contribution in [2.24, 2.45) is 0 Å². The lowest BCUT2D eigenvalue weighted by atomic mass is 10.0. The highest BCUT2D eigenvalue weighted by Gasteiger charge is 2.30. The van der Waals surface area contributed by atoms with Gasteiger partial charge in [-0.25, -0.2) is 9.13 Å². The fourth-order valence-corrected chi connectivity index (χ4v) is 13.4. The van der Waals surface area contributed by atoms with Crippen molar-refractivity contribution in [2.45, 2.75) is 418 Å². The molecule has 0 bridgehead atoms. The molecular formula is C81H152O17P2. The Morgan fingerprint density at radius 2 is 0.490 bits per heavy atom. The van der Waals surface area contributed by atoms with Gasteiger partial charge in [0.2, 0.25) is 0 Å². The number of carbonyl (C=O) groups excluding carboxylic acids is 4. The molecule has 0 amide bonds. The summed E-state index contributed by atoms with van der Waals surface area (Å²) in [4.78, 5) is 73.0. The van der Waals surface area contributed by atoms with Crippen LogP contribution in [0.25, 0.3) is 0 Å². The summed E-state index contributed by atoms with van der Waals surface area (Å²) in [5.41, 5.74) is 0. The topological polar surface area (TPSA) is 237 Å². The first kappa shape index (κ1) is 97.3. The number of allylic oxidation sites excluding steroid dienone is 6. The minimum atomic E-state index is -4.97. The van der Waals surface area contributed by atoms with Crippen LogP contribution in [0, 0.1) is 0 Å². The Morgan fingerprint density at radius 1 is 0.280 bits per heavy atom. The van der Waals surface area contributed by atoms with Gasteiger partial charge in [-0.05, 0) is 83.5 Å². The molecule has 0 fully saturated rings. The van der Waals surface area contributed by atoms with Crippen molar-refractivity contribution in [3.05, 3.63) is 36.5 Å². The van der Waals surface area contributed by atoms with E-state index in [1.165, 1.54) is 186 Å². The Hall–Kier alpha value is -2.72. The number of phosphoric ester groups is 2. The highest BCUT2D eigenvalue weighted by molar-refractivity contribution is 7.47. The van der Waals surface area contributed by atoms with Crippen LogP contribution in [0.4, 0.5) is 0 Å². The Balaban J connectivity index is 5.31. The number of hydrogen-bond acceptors (Lipinski definition) is 15. The third-order valence-electron chi connectivity index (χ3n) is 18.1. The molecule has 588 valence electrons. The van der Waals surface area contributed by atoms with Crippen LogP contribution < -0.4 is 0 Å². The van der Waals surface area contributed by atoms with Crippen LogP contribution in [0.3, 0.4) is 0 Å². The van der Waals surface area contributed by atoms with Gasteiger partial charge < -0.3 is 33.8 Å². The van der Waals surface area contributed by atoms with Crippen molar-refractivity contribution in [2.75, 3.05) is 39.6 Å². The molecule has 0 aromatic rings. The molecule has 0 radical (unpaired) electrons. The van der Waals surface area contributed by atoms with Crippen LogP contribution in [-0.2, 0) is 65.4 Å². The normalized spacial score (nSPS) is 14.0. The highest BCUT2D eigenvalue weighted by Crippen LogP contribution is 2.45. The smallest absolute Gasteiger partial charge is 0.462 e. The van der Waals surface area contributed by atoms with E-state index in [0.717, 1.165) is 135 Å². The zero-order chi connectivity index (χ0) is 73.2. The van der Waals surface area contributed by atoms with Gasteiger partial charge in [-0.2, -0.15) is 0 Å². The molecule has 100 heavy (non-hydrogen) atoms. The van der Waals surface area contributed by atoms with Crippen molar-refractivity contribution in [3.8, 4) is 0 Å². The fraction of sp³-hybridized carbons (Fsp3) is 0.877. The van der Waals surface area contributed by atoms with E-state index in [1.54, 1.807) is 0 Å². The van der Waals surface area contributed by atoms with Crippen LogP contribution in [0.15, 0.2) is 36.5 Å². The van der Waals surface area contributed by atoms with Gasteiger partial charge >= 0.3 is 39.5 Å². The molecule has 0 rings (SSSR count). The molecule has 0 aliphatic carbocycles. The number of unbranched alkanes of at least 4 members (excludes halogenated alkanes) is 47. The van der Waals surface area contributed by atoms with Crippen molar-refractivity contribution >= 4 is 39.5 Å². The molecule has 17 nitrogen and oxygen atoms in total. The van der Waals surface area contributed by atoms with E-state index in [-0.39, 0.29) is 25.7 Å². The van der Waals surface area contributed by atoms with Crippen LogP contribution in [0.2, 0.25) is 0 Å². The summed E-state index contributed by atoms with van der Waals surface area (Å²) < 4.78 is 68.7. The second kappa shape index (κ2) is 74.5. The van der Waals surface area contributed by atoms with Crippen molar-refractivity contribution in [3.63, 3.8) is 0 Å². The highest BCUT2D eigenvalue weighted by atomic mass is 31.2. The molecule has 0 aromatic carbocycles.